The molecule has 0 aromatic carbocycles. The van der Waals surface area contributed by atoms with Crippen molar-refractivity contribution in [3.63, 3.8) is 0 Å². The van der Waals surface area contributed by atoms with Crippen LogP contribution in [0.1, 0.15) is 16.1 Å². The van der Waals surface area contributed by atoms with Crippen LogP contribution >= 0.6 is 23.1 Å². The normalized spacial score (nSPS) is 20.7. The molecule has 114 valence electrons. The minimum atomic E-state index is -1.19. The zero-order valence-corrected chi connectivity index (χ0v) is 13.0. The number of hydrogen-bond donors (Lipinski definition) is 2. The second-order valence-electron chi connectivity index (χ2n) is 4.75. The lowest BCUT2D eigenvalue weighted by molar-refractivity contribution is -0.143. The highest BCUT2D eigenvalue weighted by Gasteiger charge is 2.43. The minimum Gasteiger partial charge on any atom is -0.479 e. The molecule has 0 saturated carbocycles. The van der Waals surface area contributed by atoms with E-state index in [1.165, 1.54) is 18.0 Å². The predicted octanol–water partition coefficient (Wildman–Crippen LogP) is 1.29. The van der Waals surface area contributed by atoms with Crippen LogP contribution in [0, 0.1) is 0 Å². The Hall–Kier alpha value is -2.00. The Kier molecular flexibility index (Phi) is 4.08. The van der Waals surface area contributed by atoms with Crippen LogP contribution in [0.4, 0.5) is 0 Å². The lowest BCUT2D eigenvalue weighted by atomic mass is 9.99. The molecule has 0 bridgehead atoms. The van der Waals surface area contributed by atoms with Gasteiger partial charge in [0, 0.05) is 18.1 Å². The van der Waals surface area contributed by atoms with E-state index in [2.05, 4.69) is 20.3 Å². The fourth-order valence-electron chi connectivity index (χ4n) is 2.06. The van der Waals surface area contributed by atoms with Gasteiger partial charge in [-0.3, -0.25) is 4.79 Å². The number of rotatable bonds is 4. The van der Waals surface area contributed by atoms with Gasteiger partial charge in [0.2, 0.25) is 0 Å². The molecular weight excluding hydrogens is 324 g/mol. The maximum atomic E-state index is 12.3. The molecule has 3 heterocycles. The molecule has 3 rings (SSSR count). The van der Waals surface area contributed by atoms with Gasteiger partial charge in [0.15, 0.2) is 10.8 Å². The van der Waals surface area contributed by atoms with Gasteiger partial charge in [-0.1, -0.05) is 0 Å². The van der Waals surface area contributed by atoms with Crippen molar-refractivity contribution in [2.45, 2.75) is 12.0 Å². The molecule has 7 nitrogen and oxygen atoms in total. The van der Waals surface area contributed by atoms with Crippen LogP contribution < -0.4 is 5.32 Å². The highest BCUT2D eigenvalue weighted by Crippen LogP contribution is 2.29. The highest BCUT2D eigenvalue weighted by molar-refractivity contribution is 7.99. The van der Waals surface area contributed by atoms with Crippen molar-refractivity contribution >= 4 is 35.0 Å². The van der Waals surface area contributed by atoms with Crippen molar-refractivity contribution in [2.24, 2.45) is 0 Å². The number of thiazole rings is 1. The smallest absolute Gasteiger partial charge is 0.330 e. The van der Waals surface area contributed by atoms with Gasteiger partial charge in [-0.05, 0) is 18.2 Å². The average Bonchev–Trinajstić information content (AvgIpc) is 3.18. The van der Waals surface area contributed by atoms with Gasteiger partial charge >= 0.3 is 5.97 Å². The predicted molar refractivity (Wildman–Crippen MR) is 82.9 cm³/mol. The first-order chi connectivity index (χ1) is 10.6. The maximum absolute atomic E-state index is 12.3. The Labute approximate surface area is 134 Å². The first-order valence-electron chi connectivity index (χ1n) is 6.48. The quantitative estimate of drug-likeness (QED) is 0.866. The van der Waals surface area contributed by atoms with Gasteiger partial charge in [0.1, 0.15) is 10.4 Å². The first-order valence-corrected chi connectivity index (χ1v) is 8.45. The van der Waals surface area contributed by atoms with E-state index in [4.69, 9.17) is 0 Å². The fraction of sp³-hybridized carbons (Fsp3) is 0.308. The number of aliphatic carboxylic acids is 1. The second-order valence-corrected chi connectivity index (χ2v) is 6.88. The first kappa shape index (κ1) is 14.9. The summed E-state index contributed by atoms with van der Waals surface area (Å²) >= 11 is 2.66. The molecule has 2 aromatic rings. The van der Waals surface area contributed by atoms with Gasteiger partial charge in [0.25, 0.3) is 5.91 Å². The van der Waals surface area contributed by atoms with E-state index in [-0.39, 0.29) is 0 Å². The zero-order valence-electron chi connectivity index (χ0n) is 11.4. The van der Waals surface area contributed by atoms with Gasteiger partial charge < -0.3 is 10.4 Å². The third-order valence-electron chi connectivity index (χ3n) is 3.27. The third kappa shape index (κ3) is 2.81. The molecule has 1 saturated heterocycles. The molecule has 0 spiro atoms. The van der Waals surface area contributed by atoms with Gasteiger partial charge in [-0.2, -0.15) is 11.8 Å². The van der Waals surface area contributed by atoms with Crippen molar-refractivity contribution in [1.29, 1.82) is 0 Å². The molecular formula is C13H12N4O3S2. The van der Waals surface area contributed by atoms with Crippen LogP contribution in [0.15, 0.2) is 24.7 Å². The number of carbonyl (C=O) groups is 2. The van der Waals surface area contributed by atoms with Crippen molar-refractivity contribution < 1.29 is 14.7 Å². The Balaban J connectivity index is 1.79. The summed E-state index contributed by atoms with van der Waals surface area (Å²) in [5, 5.41) is 12.5. The van der Waals surface area contributed by atoms with Crippen molar-refractivity contribution in [2.75, 3.05) is 11.5 Å². The Bertz CT molecular complexity index is 698. The Morgan fingerprint density at radius 3 is 2.68 bits per heavy atom. The summed E-state index contributed by atoms with van der Waals surface area (Å²) in [6, 6.07) is 1.69. The number of carboxylic acid groups (broad SMARTS) is 1. The Morgan fingerprint density at radius 1 is 1.27 bits per heavy atom. The summed E-state index contributed by atoms with van der Waals surface area (Å²) in [5.41, 5.74) is -1.19. The summed E-state index contributed by atoms with van der Waals surface area (Å²) in [5.74, 6) is 0.113. The molecule has 2 N–H and O–H groups in total. The summed E-state index contributed by atoms with van der Waals surface area (Å²) in [4.78, 5) is 36.4. The van der Waals surface area contributed by atoms with E-state index in [0.29, 0.717) is 27.9 Å². The van der Waals surface area contributed by atoms with Gasteiger partial charge in [-0.25, -0.2) is 19.7 Å². The molecule has 1 unspecified atom stereocenters. The van der Waals surface area contributed by atoms with E-state index in [1.54, 1.807) is 18.5 Å². The number of hydrogen-bond acceptors (Lipinski definition) is 7. The Morgan fingerprint density at radius 2 is 2.05 bits per heavy atom. The number of nitrogens with zero attached hydrogens (tertiary/aromatic N) is 3. The van der Waals surface area contributed by atoms with Crippen LogP contribution in [-0.2, 0) is 4.79 Å². The van der Waals surface area contributed by atoms with E-state index in [0.717, 1.165) is 17.1 Å². The monoisotopic (exact) mass is 336 g/mol. The number of aromatic nitrogens is 3. The standard InChI is InChI=1S/C13H12N4O3S2/c18-10(17-13(12(19)20)2-5-21-7-13)8-6-16-11(22-8)9-14-3-1-4-15-9/h1,3-4,6H,2,5,7H2,(H,17,18)(H,19,20). The number of carboxylic acids is 1. The van der Waals surface area contributed by atoms with Crippen molar-refractivity contribution in [1.82, 2.24) is 20.3 Å². The lowest BCUT2D eigenvalue weighted by Gasteiger charge is -2.23. The molecule has 1 aliphatic rings. The van der Waals surface area contributed by atoms with Crippen molar-refractivity contribution in [3.8, 4) is 10.8 Å². The number of thioether (sulfide) groups is 1. The molecule has 1 atom stereocenters. The minimum absolute atomic E-state index is 0.347. The molecule has 22 heavy (non-hydrogen) atoms. The van der Waals surface area contributed by atoms with Crippen LogP contribution in [0.2, 0.25) is 0 Å². The molecule has 2 aromatic heterocycles. The average molecular weight is 336 g/mol. The molecule has 1 amide bonds. The van der Waals surface area contributed by atoms with Crippen LogP contribution in [0.3, 0.4) is 0 Å². The molecule has 1 fully saturated rings. The van der Waals surface area contributed by atoms with Crippen LogP contribution in [0.5, 0.6) is 0 Å². The van der Waals surface area contributed by atoms with Crippen LogP contribution in [0.25, 0.3) is 10.8 Å². The number of carbonyl (C=O) groups excluding carboxylic acids is 1. The van der Waals surface area contributed by atoms with Crippen LogP contribution in [-0.4, -0.2) is 49.0 Å². The lowest BCUT2D eigenvalue weighted by Crippen LogP contribution is -2.54. The maximum Gasteiger partial charge on any atom is 0.330 e. The molecule has 9 heteroatoms. The fourth-order valence-corrected chi connectivity index (χ4v) is 4.14. The molecule has 1 aliphatic heterocycles. The van der Waals surface area contributed by atoms with E-state index >= 15 is 0 Å². The third-order valence-corrected chi connectivity index (χ3v) is 5.45. The topological polar surface area (TPSA) is 105 Å². The van der Waals surface area contributed by atoms with E-state index < -0.39 is 17.4 Å². The number of nitrogens with one attached hydrogen (secondary N) is 1. The second kappa shape index (κ2) is 6.01. The number of amides is 1. The van der Waals surface area contributed by atoms with E-state index in [9.17, 15) is 14.7 Å². The van der Waals surface area contributed by atoms with Crippen molar-refractivity contribution in [3.05, 3.63) is 29.5 Å². The zero-order chi connectivity index (χ0) is 15.6. The van der Waals surface area contributed by atoms with Gasteiger partial charge in [0.05, 0.1) is 6.20 Å². The summed E-state index contributed by atoms with van der Waals surface area (Å²) in [6.07, 6.45) is 5.03. The van der Waals surface area contributed by atoms with Gasteiger partial charge in [-0.15, -0.1) is 11.3 Å². The summed E-state index contributed by atoms with van der Waals surface area (Å²) < 4.78 is 0. The summed E-state index contributed by atoms with van der Waals surface area (Å²) in [6.45, 7) is 0. The molecule has 0 radical (unpaired) electrons. The molecule has 0 aliphatic carbocycles. The van der Waals surface area contributed by atoms with E-state index in [1.807, 2.05) is 0 Å². The SMILES string of the molecule is O=C(NC1(C(=O)O)CCSC1)c1cnc(-c2ncccn2)s1. The summed E-state index contributed by atoms with van der Waals surface area (Å²) in [7, 11) is 0. The highest BCUT2D eigenvalue weighted by atomic mass is 32.2. The largest absolute Gasteiger partial charge is 0.479 e.